The number of hydrogen-bond donors (Lipinski definition) is 3. The summed E-state index contributed by atoms with van der Waals surface area (Å²) in [5.41, 5.74) is 1.79. The maximum Gasteiger partial charge on any atom is 0.319 e. The summed E-state index contributed by atoms with van der Waals surface area (Å²) in [4.78, 5) is 12.1. The van der Waals surface area contributed by atoms with Gasteiger partial charge in [-0.3, -0.25) is 4.68 Å². The van der Waals surface area contributed by atoms with Gasteiger partial charge in [0.2, 0.25) is 0 Å². The summed E-state index contributed by atoms with van der Waals surface area (Å²) in [7, 11) is 0. The van der Waals surface area contributed by atoms with Crippen LogP contribution in [0.15, 0.2) is 42.7 Å². The Morgan fingerprint density at radius 3 is 2.96 bits per heavy atom. The Morgan fingerprint density at radius 1 is 1.30 bits per heavy atom. The third-order valence-corrected chi connectivity index (χ3v) is 4.13. The number of hydrogen-bond acceptors (Lipinski definition) is 3. The van der Waals surface area contributed by atoms with Crippen LogP contribution in [0.2, 0.25) is 0 Å². The molecule has 1 saturated carbocycles. The number of carbonyl (C=O) groups excluding carboxylic acids is 1. The first-order valence-electron chi connectivity index (χ1n) is 8.03. The molecule has 1 aliphatic carbocycles. The lowest BCUT2D eigenvalue weighted by Crippen LogP contribution is -2.46. The van der Waals surface area contributed by atoms with Gasteiger partial charge in [-0.25, -0.2) is 4.79 Å². The Hall–Kier alpha value is -2.34. The van der Waals surface area contributed by atoms with Gasteiger partial charge in [-0.15, -0.1) is 0 Å². The minimum Gasteiger partial charge on any atom is -0.391 e. The lowest BCUT2D eigenvalue weighted by molar-refractivity contribution is 0.0955. The van der Waals surface area contributed by atoms with Crippen molar-refractivity contribution in [1.29, 1.82) is 0 Å². The van der Waals surface area contributed by atoms with Gasteiger partial charge in [-0.1, -0.05) is 25.0 Å². The van der Waals surface area contributed by atoms with Crippen molar-refractivity contribution in [3.05, 3.63) is 48.3 Å². The lowest BCUT2D eigenvalue weighted by atomic mass is 9.93. The highest BCUT2D eigenvalue weighted by Gasteiger charge is 2.24. The maximum absolute atomic E-state index is 12.1. The molecule has 3 N–H and O–H groups in total. The number of aliphatic hydroxyl groups is 1. The Balaban J connectivity index is 1.57. The minimum atomic E-state index is -0.444. The van der Waals surface area contributed by atoms with Crippen LogP contribution in [0.3, 0.4) is 0 Å². The van der Waals surface area contributed by atoms with Gasteiger partial charge in [0.05, 0.1) is 18.7 Å². The summed E-state index contributed by atoms with van der Waals surface area (Å²) in [6, 6.07) is 9.13. The summed E-state index contributed by atoms with van der Waals surface area (Å²) >= 11 is 0. The van der Waals surface area contributed by atoms with Crippen LogP contribution in [0.25, 0.3) is 0 Å². The highest BCUT2D eigenvalue weighted by Crippen LogP contribution is 2.18. The van der Waals surface area contributed by atoms with Crippen LogP contribution in [0, 0.1) is 0 Å². The number of rotatable bonds is 4. The second kappa shape index (κ2) is 7.28. The minimum absolute atomic E-state index is 0.156. The Bertz CT molecular complexity index is 642. The molecule has 2 atom stereocenters. The van der Waals surface area contributed by atoms with E-state index in [9.17, 15) is 9.90 Å². The van der Waals surface area contributed by atoms with Crippen molar-refractivity contribution in [3.8, 4) is 0 Å². The van der Waals surface area contributed by atoms with Crippen molar-refractivity contribution in [1.82, 2.24) is 15.1 Å². The van der Waals surface area contributed by atoms with Crippen LogP contribution in [-0.2, 0) is 6.54 Å². The van der Waals surface area contributed by atoms with E-state index in [-0.39, 0.29) is 12.1 Å². The highest BCUT2D eigenvalue weighted by atomic mass is 16.3. The van der Waals surface area contributed by atoms with Crippen molar-refractivity contribution in [2.75, 3.05) is 5.32 Å². The van der Waals surface area contributed by atoms with E-state index < -0.39 is 6.10 Å². The first kappa shape index (κ1) is 15.6. The van der Waals surface area contributed by atoms with Crippen LogP contribution < -0.4 is 10.6 Å². The van der Waals surface area contributed by atoms with Crippen LogP contribution in [0.4, 0.5) is 10.5 Å². The number of benzene rings is 1. The summed E-state index contributed by atoms with van der Waals surface area (Å²) in [6.07, 6.45) is 6.85. The molecule has 0 spiro atoms. The first-order chi connectivity index (χ1) is 11.2. The van der Waals surface area contributed by atoms with Gasteiger partial charge in [0.15, 0.2) is 0 Å². The molecule has 6 nitrogen and oxygen atoms in total. The number of aromatic nitrogens is 2. The van der Waals surface area contributed by atoms with Crippen LogP contribution in [0.5, 0.6) is 0 Å². The second-order valence-electron chi connectivity index (χ2n) is 5.96. The fourth-order valence-electron chi connectivity index (χ4n) is 2.94. The number of urea groups is 1. The maximum atomic E-state index is 12.1. The molecule has 0 aliphatic heterocycles. The molecule has 0 radical (unpaired) electrons. The number of aliphatic hydroxyl groups excluding tert-OH is 1. The summed E-state index contributed by atoms with van der Waals surface area (Å²) in [5.74, 6) is 0. The Labute approximate surface area is 135 Å². The Morgan fingerprint density at radius 2 is 2.17 bits per heavy atom. The van der Waals surface area contributed by atoms with E-state index in [4.69, 9.17) is 0 Å². The Kier molecular flexibility index (Phi) is 4.92. The van der Waals surface area contributed by atoms with Gasteiger partial charge in [-0.2, -0.15) is 5.10 Å². The highest BCUT2D eigenvalue weighted by molar-refractivity contribution is 5.89. The van der Waals surface area contributed by atoms with E-state index >= 15 is 0 Å². The smallest absolute Gasteiger partial charge is 0.319 e. The number of nitrogens with one attached hydrogen (secondary N) is 2. The molecule has 1 fully saturated rings. The van der Waals surface area contributed by atoms with Crippen molar-refractivity contribution < 1.29 is 9.90 Å². The fourth-order valence-corrected chi connectivity index (χ4v) is 2.94. The predicted molar refractivity (Wildman–Crippen MR) is 88.2 cm³/mol. The molecule has 2 aromatic rings. The van der Waals surface area contributed by atoms with Gasteiger partial charge in [0.25, 0.3) is 0 Å². The zero-order chi connectivity index (χ0) is 16.1. The number of nitrogens with zero attached hydrogens (tertiary/aromatic N) is 2. The topological polar surface area (TPSA) is 79.2 Å². The molecule has 23 heavy (non-hydrogen) atoms. The van der Waals surface area contributed by atoms with Gasteiger partial charge in [0, 0.05) is 18.1 Å². The monoisotopic (exact) mass is 314 g/mol. The van der Waals surface area contributed by atoms with Crippen LogP contribution >= 0.6 is 0 Å². The standard InChI is InChI=1S/C17H22N4O2/c22-16-8-2-1-7-15(16)20-17(23)19-14-6-3-5-13(11-14)12-21-10-4-9-18-21/h3-6,9-11,15-16,22H,1-2,7-8,12H2,(H2,19,20,23). The van der Waals surface area contributed by atoms with Crippen molar-refractivity contribution in [2.45, 2.75) is 44.4 Å². The largest absolute Gasteiger partial charge is 0.391 e. The molecular weight excluding hydrogens is 292 g/mol. The predicted octanol–water partition coefficient (Wildman–Crippen LogP) is 2.36. The molecule has 2 amide bonds. The summed E-state index contributed by atoms with van der Waals surface area (Å²) < 4.78 is 1.83. The summed E-state index contributed by atoms with van der Waals surface area (Å²) in [5, 5.41) is 19.8. The van der Waals surface area contributed by atoms with E-state index in [1.807, 2.05) is 41.2 Å². The number of amides is 2. The van der Waals surface area contributed by atoms with Crippen molar-refractivity contribution in [3.63, 3.8) is 0 Å². The molecule has 6 heteroatoms. The average molecular weight is 314 g/mol. The second-order valence-corrected chi connectivity index (χ2v) is 5.96. The molecule has 1 heterocycles. The van der Waals surface area contributed by atoms with Gasteiger partial charge >= 0.3 is 6.03 Å². The molecule has 1 aromatic heterocycles. The zero-order valence-corrected chi connectivity index (χ0v) is 13.0. The van der Waals surface area contributed by atoms with E-state index in [0.29, 0.717) is 6.54 Å². The van der Waals surface area contributed by atoms with E-state index in [1.165, 1.54) is 0 Å². The quantitative estimate of drug-likeness (QED) is 0.810. The SMILES string of the molecule is O=C(Nc1cccc(Cn2cccn2)c1)NC1CCCCC1O. The molecule has 3 rings (SSSR count). The average Bonchev–Trinajstić information content (AvgIpc) is 3.03. The van der Waals surface area contributed by atoms with Crippen LogP contribution in [-0.4, -0.2) is 33.1 Å². The third kappa shape index (κ3) is 4.32. The lowest BCUT2D eigenvalue weighted by Gasteiger charge is -2.28. The number of anilines is 1. The molecule has 1 aliphatic rings. The van der Waals surface area contributed by atoms with E-state index in [0.717, 1.165) is 36.9 Å². The van der Waals surface area contributed by atoms with Gasteiger partial charge in [-0.05, 0) is 36.6 Å². The molecule has 0 bridgehead atoms. The third-order valence-electron chi connectivity index (χ3n) is 4.13. The first-order valence-corrected chi connectivity index (χ1v) is 8.03. The fraction of sp³-hybridized carbons (Fsp3) is 0.412. The molecule has 122 valence electrons. The van der Waals surface area contributed by atoms with Gasteiger partial charge in [0.1, 0.15) is 0 Å². The molecule has 0 saturated heterocycles. The van der Waals surface area contributed by atoms with E-state index in [2.05, 4.69) is 15.7 Å². The van der Waals surface area contributed by atoms with E-state index in [1.54, 1.807) is 6.20 Å². The zero-order valence-electron chi connectivity index (χ0n) is 13.0. The van der Waals surface area contributed by atoms with Gasteiger partial charge < -0.3 is 15.7 Å². The normalized spacial score (nSPS) is 20.9. The molecular formula is C17H22N4O2. The van der Waals surface area contributed by atoms with Crippen molar-refractivity contribution in [2.24, 2.45) is 0 Å². The number of carbonyl (C=O) groups is 1. The molecule has 2 unspecified atom stereocenters. The molecule has 1 aromatic carbocycles. The van der Waals surface area contributed by atoms with Crippen molar-refractivity contribution >= 4 is 11.7 Å². The summed E-state index contributed by atoms with van der Waals surface area (Å²) in [6.45, 7) is 0.658. The van der Waals surface area contributed by atoms with Crippen LogP contribution in [0.1, 0.15) is 31.2 Å².